The Balaban J connectivity index is 1.96. The largest absolute Gasteiger partial charge is 0.465 e. The van der Waals surface area contributed by atoms with E-state index in [0.717, 1.165) is 28.5 Å². The van der Waals surface area contributed by atoms with Crippen molar-refractivity contribution in [2.75, 3.05) is 17.7 Å². The minimum absolute atomic E-state index is 0.0421. The van der Waals surface area contributed by atoms with Gasteiger partial charge in [-0.05, 0) is 51.0 Å². The van der Waals surface area contributed by atoms with E-state index in [-0.39, 0.29) is 26.7 Å². The Kier molecular flexibility index (Phi) is 7.11. The monoisotopic (exact) mass is 481 g/mol. The molecule has 1 aromatic heterocycles. The van der Waals surface area contributed by atoms with Gasteiger partial charge in [-0.1, -0.05) is 23.8 Å². The van der Waals surface area contributed by atoms with Crippen LogP contribution < -0.4 is 10.6 Å². The summed E-state index contributed by atoms with van der Waals surface area (Å²) >= 11 is 0.924. The number of nitro benzene ring substituents is 1. The second-order valence-electron chi connectivity index (χ2n) is 7.74. The molecule has 9 nitrogen and oxygen atoms in total. The highest BCUT2D eigenvalue weighted by Gasteiger charge is 2.27. The van der Waals surface area contributed by atoms with Gasteiger partial charge in [0.05, 0.1) is 22.5 Å². The first-order valence-corrected chi connectivity index (χ1v) is 11.0. The van der Waals surface area contributed by atoms with Gasteiger partial charge in [0.15, 0.2) is 0 Å². The van der Waals surface area contributed by atoms with E-state index in [9.17, 15) is 24.5 Å². The molecule has 2 amide bonds. The molecular weight excluding hydrogens is 458 g/mol. The number of hydrogen-bond donors (Lipinski definition) is 2. The van der Waals surface area contributed by atoms with E-state index in [0.29, 0.717) is 16.8 Å². The van der Waals surface area contributed by atoms with Crippen LogP contribution in [0.25, 0.3) is 0 Å². The maximum atomic E-state index is 13.0. The number of amides is 2. The van der Waals surface area contributed by atoms with Gasteiger partial charge >= 0.3 is 5.97 Å². The summed E-state index contributed by atoms with van der Waals surface area (Å²) in [5, 5.41) is 16.8. The van der Waals surface area contributed by atoms with Crippen LogP contribution in [0.3, 0.4) is 0 Å². The van der Waals surface area contributed by atoms with Crippen molar-refractivity contribution >= 4 is 45.5 Å². The highest BCUT2D eigenvalue weighted by Crippen LogP contribution is 2.35. The summed E-state index contributed by atoms with van der Waals surface area (Å²) in [6, 6.07) is 9.68. The molecule has 0 spiro atoms. The van der Waals surface area contributed by atoms with Crippen molar-refractivity contribution in [2.24, 2.45) is 0 Å². The highest BCUT2D eigenvalue weighted by atomic mass is 32.1. The third kappa shape index (κ3) is 4.96. The molecule has 34 heavy (non-hydrogen) atoms. The zero-order valence-electron chi connectivity index (χ0n) is 19.3. The number of nitro groups is 1. The molecule has 0 aliphatic carbocycles. The van der Waals surface area contributed by atoms with Crippen LogP contribution in [-0.2, 0) is 4.74 Å². The van der Waals surface area contributed by atoms with Crippen LogP contribution in [0, 0.1) is 37.8 Å². The van der Waals surface area contributed by atoms with Gasteiger partial charge in [-0.2, -0.15) is 0 Å². The fraction of sp³-hybridized carbons (Fsp3) is 0.208. The van der Waals surface area contributed by atoms with Gasteiger partial charge in [0, 0.05) is 22.9 Å². The van der Waals surface area contributed by atoms with Gasteiger partial charge in [0.25, 0.3) is 17.5 Å². The number of carbonyl (C=O) groups is 3. The summed E-state index contributed by atoms with van der Waals surface area (Å²) < 4.78 is 4.85. The van der Waals surface area contributed by atoms with E-state index >= 15 is 0 Å². The number of anilines is 2. The molecule has 2 aromatic carbocycles. The molecule has 10 heteroatoms. The van der Waals surface area contributed by atoms with E-state index < -0.39 is 22.7 Å². The number of ether oxygens (including phenoxy) is 1. The molecule has 0 atom stereocenters. The number of benzene rings is 2. The predicted octanol–water partition coefficient (Wildman–Crippen LogP) is 5.18. The van der Waals surface area contributed by atoms with Gasteiger partial charge in [0.1, 0.15) is 5.00 Å². The van der Waals surface area contributed by atoms with Crippen molar-refractivity contribution in [3.63, 3.8) is 0 Å². The van der Waals surface area contributed by atoms with Crippen LogP contribution in [-0.4, -0.2) is 29.8 Å². The number of rotatable bonds is 6. The molecule has 0 saturated heterocycles. The van der Waals surface area contributed by atoms with Gasteiger partial charge in [0.2, 0.25) is 0 Å². The third-order valence-corrected chi connectivity index (χ3v) is 6.47. The molecule has 0 saturated carbocycles. The summed E-state index contributed by atoms with van der Waals surface area (Å²) in [6.07, 6.45) is 0. The van der Waals surface area contributed by atoms with Crippen molar-refractivity contribution in [2.45, 2.75) is 27.7 Å². The molecule has 176 valence electrons. The molecule has 1 heterocycles. The van der Waals surface area contributed by atoms with Crippen molar-refractivity contribution in [3.8, 4) is 0 Å². The topological polar surface area (TPSA) is 128 Å². The summed E-state index contributed by atoms with van der Waals surface area (Å²) in [7, 11) is 1.20. The smallest absolute Gasteiger partial charge is 0.341 e. The van der Waals surface area contributed by atoms with Gasteiger partial charge < -0.3 is 15.4 Å². The van der Waals surface area contributed by atoms with Gasteiger partial charge in [-0.25, -0.2) is 4.79 Å². The van der Waals surface area contributed by atoms with Gasteiger partial charge in [-0.15, -0.1) is 11.3 Å². The molecular formula is C24H23N3O6S. The van der Waals surface area contributed by atoms with E-state index in [1.54, 1.807) is 19.9 Å². The summed E-state index contributed by atoms with van der Waals surface area (Å²) in [5.41, 5.74) is 3.21. The lowest BCUT2D eigenvalue weighted by Crippen LogP contribution is -2.15. The Labute approximate surface area is 199 Å². The maximum Gasteiger partial charge on any atom is 0.341 e. The summed E-state index contributed by atoms with van der Waals surface area (Å²) in [4.78, 5) is 49.2. The molecule has 3 aromatic rings. The Morgan fingerprint density at radius 2 is 1.65 bits per heavy atom. The van der Waals surface area contributed by atoms with Crippen molar-refractivity contribution in [1.29, 1.82) is 0 Å². The number of carbonyl (C=O) groups excluding carboxylic acids is 3. The maximum absolute atomic E-state index is 13.0. The summed E-state index contributed by atoms with van der Waals surface area (Å²) in [6.45, 7) is 6.98. The van der Waals surface area contributed by atoms with Crippen molar-refractivity contribution in [3.05, 3.63) is 84.8 Å². The number of esters is 1. The molecule has 0 fully saturated rings. The minimum Gasteiger partial charge on any atom is -0.465 e. The molecule has 0 aliphatic heterocycles. The number of hydrogen-bond acceptors (Lipinski definition) is 7. The van der Waals surface area contributed by atoms with E-state index in [1.807, 2.05) is 26.0 Å². The zero-order valence-corrected chi connectivity index (χ0v) is 20.1. The van der Waals surface area contributed by atoms with Gasteiger partial charge in [-0.3, -0.25) is 19.7 Å². The predicted molar refractivity (Wildman–Crippen MR) is 130 cm³/mol. The number of nitrogens with one attached hydrogen (secondary N) is 2. The van der Waals surface area contributed by atoms with Crippen molar-refractivity contribution < 1.29 is 24.0 Å². The first-order chi connectivity index (χ1) is 16.0. The Hall–Kier alpha value is -4.05. The van der Waals surface area contributed by atoms with Crippen LogP contribution in [0.2, 0.25) is 0 Å². The summed E-state index contributed by atoms with van der Waals surface area (Å²) in [5.74, 6) is -1.81. The second kappa shape index (κ2) is 9.84. The van der Waals surface area contributed by atoms with Crippen LogP contribution in [0.5, 0.6) is 0 Å². The number of methoxy groups -OCH3 is 1. The van der Waals surface area contributed by atoms with E-state index in [4.69, 9.17) is 4.74 Å². The lowest BCUT2D eigenvalue weighted by atomic mass is 10.1. The average Bonchev–Trinajstić information content (AvgIpc) is 3.10. The molecule has 0 aliphatic rings. The molecule has 0 unspecified atom stereocenters. The first kappa shape index (κ1) is 24.6. The average molecular weight is 482 g/mol. The van der Waals surface area contributed by atoms with Crippen LogP contribution in [0.4, 0.5) is 16.4 Å². The molecule has 3 rings (SSSR count). The first-order valence-electron chi connectivity index (χ1n) is 10.2. The Morgan fingerprint density at radius 1 is 0.941 bits per heavy atom. The number of nitrogens with zero attached hydrogens (tertiary/aromatic N) is 1. The standard InChI is InChI=1S/C24H23N3O6S/c1-12-6-9-17(14(3)10-12)25-22(29)20-15(4)19(24(30)33-5)23(34-20)26-21(28)16-8-7-13(2)18(11-16)27(31)32/h6-11H,1-5H3,(H,25,29)(H,26,28). The molecule has 0 radical (unpaired) electrons. The third-order valence-electron chi connectivity index (χ3n) is 5.27. The second-order valence-corrected chi connectivity index (χ2v) is 8.76. The van der Waals surface area contributed by atoms with Crippen LogP contribution in [0.1, 0.15) is 52.6 Å². The fourth-order valence-corrected chi connectivity index (χ4v) is 4.51. The van der Waals surface area contributed by atoms with E-state index in [2.05, 4.69) is 10.6 Å². The van der Waals surface area contributed by atoms with Crippen LogP contribution in [0.15, 0.2) is 36.4 Å². The van der Waals surface area contributed by atoms with E-state index in [1.165, 1.54) is 19.2 Å². The quantitative estimate of drug-likeness (QED) is 0.284. The number of thiophene rings is 1. The van der Waals surface area contributed by atoms with Crippen LogP contribution >= 0.6 is 11.3 Å². The highest BCUT2D eigenvalue weighted by molar-refractivity contribution is 7.19. The minimum atomic E-state index is -0.718. The number of aryl methyl sites for hydroxylation is 3. The lowest BCUT2D eigenvalue weighted by Gasteiger charge is -2.08. The lowest BCUT2D eigenvalue weighted by molar-refractivity contribution is -0.385. The SMILES string of the molecule is COC(=O)c1c(NC(=O)c2ccc(C)c([N+](=O)[O-])c2)sc(C(=O)Nc2ccc(C)cc2C)c1C. The Bertz CT molecular complexity index is 1330. The zero-order chi connectivity index (χ0) is 25.2. The molecule has 0 bridgehead atoms. The fourth-order valence-electron chi connectivity index (χ4n) is 3.42. The molecule has 2 N–H and O–H groups in total. The normalized spacial score (nSPS) is 10.5. The Morgan fingerprint density at radius 3 is 2.26 bits per heavy atom. The van der Waals surface area contributed by atoms with Crippen molar-refractivity contribution in [1.82, 2.24) is 0 Å².